The second kappa shape index (κ2) is 8.70. The number of hydrogen-bond donors (Lipinski definition) is 2. The normalized spacial score (nSPS) is 24.3. The van der Waals surface area contributed by atoms with Gasteiger partial charge in [0.05, 0.1) is 41.0 Å². The number of anilines is 2. The number of halogens is 5. The summed E-state index contributed by atoms with van der Waals surface area (Å²) in [6.45, 7) is 0.869. The number of aryl methyl sites for hydroxylation is 1. The zero-order valence-corrected chi connectivity index (χ0v) is 21.6. The van der Waals surface area contributed by atoms with Crippen molar-refractivity contribution >= 4 is 32.8 Å². The summed E-state index contributed by atoms with van der Waals surface area (Å²) >= 11 is 0. The van der Waals surface area contributed by atoms with Gasteiger partial charge in [-0.1, -0.05) is 19.4 Å². The Morgan fingerprint density at radius 2 is 1.73 bits per heavy atom. The lowest BCUT2D eigenvalue weighted by Gasteiger charge is -2.42. The highest BCUT2D eigenvalue weighted by Gasteiger charge is 2.66. The molecule has 0 radical (unpaired) electrons. The zero-order chi connectivity index (χ0) is 26.5. The van der Waals surface area contributed by atoms with Crippen molar-refractivity contribution in [1.82, 2.24) is 19.9 Å². The lowest BCUT2D eigenvalue weighted by molar-refractivity contribution is 0.143. The van der Waals surface area contributed by atoms with Crippen LogP contribution in [0.5, 0.6) is 0 Å². The summed E-state index contributed by atoms with van der Waals surface area (Å²) < 4.78 is 77.9. The van der Waals surface area contributed by atoms with Crippen molar-refractivity contribution in [2.45, 2.75) is 72.6 Å². The first-order chi connectivity index (χ1) is 17.3. The third kappa shape index (κ3) is 5.53. The fourth-order valence-electron chi connectivity index (χ4n) is 5.00. The van der Waals surface area contributed by atoms with Crippen LogP contribution in [0.4, 0.5) is 31.2 Å². The number of nitrogens with one attached hydrogen (secondary N) is 1. The monoisotopic (exact) mass is 568 g/mol. The first kappa shape index (κ1) is 26.5. The number of aromatic nitrogens is 4. The Kier molecular flexibility index (Phi) is 6.22. The molecule has 2 fully saturated rings. The molecule has 5 rings (SSSR count). The molecule has 0 bridgehead atoms. The lowest BCUT2D eigenvalue weighted by Crippen LogP contribution is -2.49. The van der Waals surface area contributed by atoms with E-state index in [-0.39, 0.29) is 30.7 Å². The van der Waals surface area contributed by atoms with Crippen LogP contribution in [0.2, 0.25) is 0 Å². The van der Waals surface area contributed by atoms with Crippen molar-refractivity contribution in [2.75, 3.05) is 35.7 Å². The summed E-state index contributed by atoms with van der Waals surface area (Å²) in [5, 5.41) is 13.3. The molecule has 2 N–H and O–H groups in total. The van der Waals surface area contributed by atoms with E-state index in [1.54, 1.807) is 0 Å². The number of hydrogen-bond acceptors (Lipinski definition) is 8. The van der Waals surface area contributed by atoms with Crippen molar-refractivity contribution in [2.24, 2.45) is 0 Å². The van der Waals surface area contributed by atoms with Gasteiger partial charge in [0.25, 0.3) is 0 Å². The van der Waals surface area contributed by atoms with Gasteiger partial charge in [0.15, 0.2) is 0 Å². The van der Waals surface area contributed by atoms with Crippen LogP contribution in [0.1, 0.15) is 62.4 Å². The Labute approximate surface area is 213 Å². The predicted octanol–water partition coefficient (Wildman–Crippen LogP) is 5.08. The van der Waals surface area contributed by atoms with Gasteiger partial charge in [0, 0.05) is 24.8 Å². The predicted molar refractivity (Wildman–Crippen MR) is 131 cm³/mol. The molecule has 0 amide bonds. The van der Waals surface area contributed by atoms with Crippen LogP contribution in [-0.2, 0) is 17.2 Å². The zero-order valence-electron chi connectivity index (χ0n) is 20.0. The molecule has 0 unspecified atom stereocenters. The molecule has 206 valence electrons. The summed E-state index contributed by atoms with van der Waals surface area (Å²) in [7, 11) is -11.1. The van der Waals surface area contributed by atoms with Crippen LogP contribution in [0.25, 0.3) is 0 Å². The fraction of sp³-hybridized carbons (Fsp3) is 0.636. The Morgan fingerprint density at radius 3 is 2.30 bits per heavy atom. The molecule has 1 aliphatic carbocycles. The minimum Gasteiger partial charge on any atom is -0.394 e. The van der Waals surface area contributed by atoms with Gasteiger partial charge in [-0.2, -0.15) is 4.98 Å². The second-order valence-corrected chi connectivity index (χ2v) is 14.0. The van der Waals surface area contributed by atoms with Gasteiger partial charge in [0.1, 0.15) is 21.4 Å². The molecule has 3 aliphatic rings. The van der Waals surface area contributed by atoms with Crippen molar-refractivity contribution < 1.29 is 28.7 Å². The van der Waals surface area contributed by atoms with Crippen LogP contribution in [-0.4, -0.2) is 60.2 Å². The van der Waals surface area contributed by atoms with Crippen LogP contribution < -0.4 is 10.2 Å². The van der Waals surface area contributed by atoms with Gasteiger partial charge in [-0.25, -0.2) is 15.0 Å². The summed E-state index contributed by atoms with van der Waals surface area (Å²) in [5.74, 6) is 1.29. The number of rotatable bonds is 6. The maximum absolute atomic E-state index is 13.0. The molecule has 0 spiro atoms. The highest BCUT2D eigenvalue weighted by Crippen LogP contribution is 3.01. The van der Waals surface area contributed by atoms with Gasteiger partial charge >= 0.3 is 10.2 Å². The average molecular weight is 569 g/mol. The number of fused-ring (bicyclic) bond motifs is 1. The smallest absolute Gasteiger partial charge is 0.313 e. The van der Waals surface area contributed by atoms with E-state index < -0.39 is 31.5 Å². The minimum atomic E-state index is -9.81. The van der Waals surface area contributed by atoms with E-state index in [1.165, 1.54) is 0 Å². The number of aliphatic hydroxyl groups excluding tert-OH is 1. The van der Waals surface area contributed by atoms with E-state index in [0.29, 0.717) is 54.8 Å². The quantitative estimate of drug-likeness (QED) is 0.465. The molecule has 2 aromatic heterocycles. The number of piperidine rings is 1. The van der Waals surface area contributed by atoms with Crippen molar-refractivity contribution in [3.05, 3.63) is 23.9 Å². The molecule has 2 aliphatic heterocycles. The lowest BCUT2D eigenvalue weighted by atomic mass is 9.77. The summed E-state index contributed by atoms with van der Waals surface area (Å²) in [6.07, 6.45) is 6.19. The maximum atomic E-state index is 13.0. The minimum absolute atomic E-state index is 0.0556. The van der Waals surface area contributed by atoms with Crippen LogP contribution in [0, 0.1) is 0 Å². The fourth-order valence-corrected chi connectivity index (χ4v) is 6.89. The Bertz CT molecular complexity index is 1200. The van der Waals surface area contributed by atoms with Gasteiger partial charge in [-0.15, -0.1) is 0 Å². The van der Waals surface area contributed by atoms with Crippen molar-refractivity contribution in [3.63, 3.8) is 0 Å². The van der Waals surface area contributed by atoms with E-state index in [1.807, 2.05) is 4.90 Å². The van der Waals surface area contributed by atoms with Crippen molar-refractivity contribution in [1.29, 1.82) is 0 Å². The number of nitrogens with zero attached hydrogens (tertiary/aromatic N) is 5. The second-order valence-electron chi connectivity index (χ2n) is 10.1. The van der Waals surface area contributed by atoms with E-state index in [2.05, 4.69) is 15.3 Å². The third-order valence-electron chi connectivity index (χ3n) is 7.38. The van der Waals surface area contributed by atoms with Gasteiger partial charge < -0.3 is 15.3 Å². The molecule has 4 heterocycles. The first-order valence-electron chi connectivity index (χ1n) is 12.3. The highest BCUT2D eigenvalue weighted by atomic mass is 32.5. The molecule has 2 aromatic rings. The van der Waals surface area contributed by atoms with E-state index in [0.717, 1.165) is 37.8 Å². The van der Waals surface area contributed by atoms with Gasteiger partial charge in [-0.05, 0) is 51.4 Å². The molecule has 15 heteroatoms. The van der Waals surface area contributed by atoms with Gasteiger partial charge in [0.2, 0.25) is 5.95 Å². The van der Waals surface area contributed by atoms with Crippen LogP contribution in [0.15, 0.2) is 22.2 Å². The summed E-state index contributed by atoms with van der Waals surface area (Å²) in [5.41, 5.74) is 0.245. The molecule has 1 saturated heterocycles. The van der Waals surface area contributed by atoms with E-state index >= 15 is 0 Å². The van der Waals surface area contributed by atoms with E-state index in [9.17, 15) is 28.7 Å². The molecule has 1 saturated carbocycles. The molecular formula is C22H29F5N6O2S2. The maximum Gasteiger partial charge on any atom is 0.313 e. The van der Waals surface area contributed by atoms with Crippen LogP contribution >= 0.6 is 10.2 Å². The number of aliphatic hydroxyl groups is 1. The third-order valence-corrected chi connectivity index (χ3v) is 10.0. The molecule has 37 heavy (non-hydrogen) atoms. The standard InChI is InChI=1S/C22H29F5N6O2S2/c23-37(24,25,26,27)16-12-28-19(29-13-16)15-5-9-33(10-6-15)21-30-17-4-1-2-11-36(35)18(17)20(31-21)32-22(14-34)7-3-8-22/h12-13,15,34H,1-11,14H2,(H,30,31,32)/t36-/m1/s1. The topological polar surface area (TPSA) is 104 Å². The highest BCUT2D eigenvalue weighted by molar-refractivity contribution is 8.45. The first-order valence-corrected chi connectivity index (χ1v) is 15.5. The molecular weight excluding hydrogens is 539 g/mol. The largest absolute Gasteiger partial charge is 0.394 e. The SMILES string of the molecule is O=[S@@]1CCCCc2nc(N3CCC(c4ncc(S(F)(F)(F)(F)F)cn4)CC3)nc(NC3(CO)CCC3)c21. The molecule has 1 atom stereocenters. The average Bonchev–Trinajstić information content (AvgIpc) is 3.01. The summed E-state index contributed by atoms with van der Waals surface area (Å²) in [4.78, 5) is 17.2. The van der Waals surface area contributed by atoms with Crippen molar-refractivity contribution in [3.8, 4) is 0 Å². The Morgan fingerprint density at radius 1 is 1.05 bits per heavy atom. The summed E-state index contributed by atoms with van der Waals surface area (Å²) in [6, 6.07) is 0. The van der Waals surface area contributed by atoms with Crippen LogP contribution in [0.3, 0.4) is 0 Å². The Balaban J connectivity index is 1.36. The molecule has 8 nitrogen and oxygen atoms in total. The van der Waals surface area contributed by atoms with E-state index in [4.69, 9.17) is 9.97 Å². The Hall–Kier alpha value is -2.13. The van der Waals surface area contributed by atoms with Gasteiger partial charge in [-0.3, -0.25) is 4.21 Å². The molecule has 0 aromatic carbocycles.